The van der Waals surface area contributed by atoms with E-state index in [-0.39, 0.29) is 5.82 Å². The lowest BCUT2D eigenvalue weighted by Crippen LogP contribution is -2.14. The molecule has 0 saturated carbocycles. The molecular weight excluding hydrogens is 422 g/mol. The molecule has 0 spiro atoms. The predicted octanol–water partition coefficient (Wildman–Crippen LogP) is 5.73. The molecule has 1 heterocycles. The highest BCUT2D eigenvalue weighted by Gasteiger charge is 2.13. The van der Waals surface area contributed by atoms with E-state index in [1.165, 1.54) is 12.1 Å². The van der Waals surface area contributed by atoms with Crippen LogP contribution in [0.4, 0.5) is 4.39 Å². The van der Waals surface area contributed by atoms with Crippen LogP contribution in [0.1, 0.15) is 16.8 Å². The van der Waals surface area contributed by atoms with Crippen molar-refractivity contribution in [1.29, 1.82) is 0 Å². The number of halogens is 3. The summed E-state index contributed by atoms with van der Waals surface area (Å²) in [6.45, 7) is 1.62. The van der Waals surface area contributed by atoms with Crippen LogP contribution in [0, 0.1) is 5.82 Å². The van der Waals surface area contributed by atoms with Crippen LogP contribution in [0.2, 0.25) is 10.0 Å². The number of hydrogen-bond acceptors (Lipinski definition) is 3. The van der Waals surface area contributed by atoms with E-state index < -0.39 is 0 Å². The molecule has 0 saturated heterocycles. The molecule has 0 amide bonds. The lowest BCUT2D eigenvalue weighted by Gasteiger charge is -2.04. The van der Waals surface area contributed by atoms with E-state index in [1.54, 1.807) is 23.0 Å². The van der Waals surface area contributed by atoms with Gasteiger partial charge in [0.25, 0.3) is 0 Å². The van der Waals surface area contributed by atoms with E-state index in [1.807, 2.05) is 42.5 Å². The molecule has 4 aromatic rings. The van der Waals surface area contributed by atoms with Gasteiger partial charge in [0.2, 0.25) is 0 Å². The maximum Gasteiger partial charge on any atom is 0.123 e. The minimum atomic E-state index is -0.240. The van der Waals surface area contributed by atoms with Gasteiger partial charge in [0.1, 0.15) is 17.2 Å². The van der Waals surface area contributed by atoms with Crippen molar-refractivity contribution in [3.05, 3.63) is 105 Å². The Balaban J connectivity index is 1.54. The molecule has 30 heavy (non-hydrogen) atoms. The van der Waals surface area contributed by atoms with Gasteiger partial charge in [0.05, 0.1) is 16.6 Å². The Hall–Kier alpha value is -2.73. The third-order valence-corrected chi connectivity index (χ3v) is 5.35. The van der Waals surface area contributed by atoms with Crippen molar-refractivity contribution in [1.82, 2.24) is 20.3 Å². The molecule has 0 fully saturated rings. The summed E-state index contributed by atoms with van der Waals surface area (Å²) in [4.78, 5) is 1.66. The second-order valence-corrected chi connectivity index (χ2v) is 7.68. The molecule has 3 aromatic carbocycles. The zero-order valence-corrected chi connectivity index (χ0v) is 17.5. The van der Waals surface area contributed by atoms with Crippen LogP contribution in [-0.2, 0) is 19.6 Å². The maximum atomic E-state index is 13.1. The lowest BCUT2D eigenvalue weighted by molar-refractivity contribution is 0.576. The number of nitrogens with one attached hydrogen (secondary N) is 1. The first-order valence-corrected chi connectivity index (χ1v) is 10.2. The van der Waals surface area contributed by atoms with E-state index in [0.29, 0.717) is 29.7 Å². The molecule has 0 bridgehead atoms. The van der Waals surface area contributed by atoms with Gasteiger partial charge in [-0.1, -0.05) is 71.7 Å². The SMILES string of the molecule is Fc1ccc(CNCc2nn(Cc3ccc(Cl)c(Cl)c3)nc2-c2ccccc2)cc1. The molecular formula is C23H19Cl2FN4. The number of benzene rings is 3. The zero-order valence-electron chi connectivity index (χ0n) is 16.0. The Morgan fingerprint density at radius 1 is 0.800 bits per heavy atom. The summed E-state index contributed by atoms with van der Waals surface area (Å²) in [6, 6.07) is 21.9. The Bertz CT molecular complexity index is 1130. The minimum absolute atomic E-state index is 0.240. The third kappa shape index (κ3) is 5.05. The quantitative estimate of drug-likeness (QED) is 0.399. The molecule has 0 aliphatic carbocycles. The molecule has 0 radical (unpaired) electrons. The first-order chi connectivity index (χ1) is 14.6. The van der Waals surface area contributed by atoms with Gasteiger partial charge in [0.15, 0.2) is 0 Å². The highest BCUT2D eigenvalue weighted by Crippen LogP contribution is 2.24. The third-order valence-electron chi connectivity index (χ3n) is 4.61. The average Bonchev–Trinajstić information content (AvgIpc) is 3.15. The summed E-state index contributed by atoms with van der Waals surface area (Å²) < 4.78 is 13.1. The van der Waals surface area contributed by atoms with E-state index in [2.05, 4.69) is 10.4 Å². The van der Waals surface area contributed by atoms with Crippen LogP contribution in [-0.4, -0.2) is 15.0 Å². The smallest absolute Gasteiger partial charge is 0.123 e. The van der Waals surface area contributed by atoms with Gasteiger partial charge in [-0.05, 0) is 35.4 Å². The van der Waals surface area contributed by atoms with Crippen molar-refractivity contribution in [2.24, 2.45) is 0 Å². The van der Waals surface area contributed by atoms with Crippen molar-refractivity contribution in [3.63, 3.8) is 0 Å². The summed E-state index contributed by atoms with van der Waals surface area (Å²) >= 11 is 12.1. The van der Waals surface area contributed by atoms with Crippen LogP contribution in [0.15, 0.2) is 72.8 Å². The molecule has 0 atom stereocenters. The summed E-state index contributed by atoms with van der Waals surface area (Å²) in [5.74, 6) is -0.240. The number of aromatic nitrogens is 3. The fourth-order valence-electron chi connectivity index (χ4n) is 3.12. The van der Waals surface area contributed by atoms with Crippen molar-refractivity contribution < 1.29 is 4.39 Å². The fraction of sp³-hybridized carbons (Fsp3) is 0.130. The van der Waals surface area contributed by atoms with Gasteiger partial charge >= 0.3 is 0 Å². The number of nitrogens with zero attached hydrogens (tertiary/aromatic N) is 3. The second-order valence-electron chi connectivity index (χ2n) is 6.87. The first-order valence-electron chi connectivity index (χ1n) is 9.47. The van der Waals surface area contributed by atoms with Gasteiger partial charge in [-0.15, -0.1) is 0 Å². The molecule has 1 aromatic heterocycles. The second kappa shape index (κ2) is 9.39. The molecule has 0 aliphatic rings. The van der Waals surface area contributed by atoms with Gasteiger partial charge in [-0.2, -0.15) is 15.0 Å². The lowest BCUT2D eigenvalue weighted by atomic mass is 10.1. The Morgan fingerprint density at radius 3 is 2.27 bits per heavy atom. The molecule has 0 aliphatic heterocycles. The normalized spacial score (nSPS) is 11.0. The van der Waals surface area contributed by atoms with Gasteiger partial charge in [-0.3, -0.25) is 0 Å². The summed E-state index contributed by atoms with van der Waals surface area (Å²) in [6.07, 6.45) is 0. The Labute approximate surface area is 184 Å². The highest BCUT2D eigenvalue weighted by molar-refractivity contribution is 6.42. The van der Waals surface area contributed by atoms with E-state index in [4.69, 9.17) is 28.3 Å². The van der Waals surface area contributed by atoms with Crippen molar-refractivity contribution in [3.8, 4) is 11.3 Å². The van der Waals surface area contributed by atoms with Crippen LogP contribution in [0.3, 0.4) is 0 Å². The first kappa shape index (κ1) is 20.5. The van der Waals surface area contributed by atoms with Crippen LogP contribution >= 0.6 is 23.2 Å². The van der Waals surface area contributed by atoms with Crippen molar-refractivity contribution in [2.45, 2.75) is 19.6 Å². The Morgan fingerprint density at radius 2 is 1.53 bits per heavy atom. The van der Waals surface area contributed by atoms with Crippen molar-refractivity contribution in [2.75, 3.05) is 0 Å². The summed E-state index contributed by atoms with van der Waals surface area (Å²) in [5.41, 5.74) is 4.62. The molecule has 1 N–H and O–H groups in total. The van der Waals surface area contributed by atoms with Gasteiger partial charge < -0.3 is 5.32 Å². The fourth-order valence-corrected chi connectivity index (χ4v) is 3.44. The van der Waals surface area contributed by atoms with Gasteiger partial charge in [0, 0.05) is 18.7 Å². The summed E-state index contributed by atoms with van der Waals surface area (Å²) in [7, 11) is 0. The van der Waals surface area contributed by atoms with E-state index in [9.17, 15) is 4.39 Å². The van der Waals surface area contributed by atoms with E-state index >= 15 is 0 Å². The minimum Gasteiger partial charge on any atom is -0.307 e. The van der Waals surface area contributed by atoms with Gasteiger partial charge in [-0.25, -0.2) is 4.39 Å². The monoisotopic (exact) mass is 440 g/mol. The van der Waals surface area contributed by atoms with Crippen LogP contribution in [0.5, 0.6) is 0 Å². The highest BCUT2D eigenvalue weighted by atomic mass is 35.5. The number of rotatable bonds is 7. The molecule has 4 rings (SSSR count). The predicted molar refractivity (Wildman–Crippen MR) is 118 cm³/mol. The Kier molecular flexibility index (Phi) is 6.43. The molecule has 152 valence electrons. The molecule has 0 unspecified atom stereocenters. The average molecular weight is 441 g/mol. The zero-order chi connectivity index (χ0) is 20.9. The van der Waals surface area contributed by atoms with E-state index in [0.717, 1.165) is 28.1 Å². The van der Waals surface area contributed by atoms with Crippen LogP contribution < -0.4 is 5.32 Å². The summed E-state index contributed by atoms with van der Waals surface area (Å²) in [5, 5.41) is 13.8. The molecule has 7 heteroatoms. The standard InChI is InChI=1S/C23H19Cl2FN4/c24-20-11-8-17(12-21(20)25)15-30-28-22(23(29-30)18-4-2-1-3-5-18)14-27-13-16-6-9-19(26)10-7-16/h1-12,27H,13-15H2. The maximum absolute atomic E-state index is 13.1. The van der Waals surface area contributed by atoms with Crippen LogP contribution in [0.25, 0.3) is 11.3 Å². The largest absolute Gasteiger partial charge is 0.307 e. The molecule has 4 nitrogen and oxygen atoms in total. The van der Waals surface area contributed by atoms with Crippen molar-refractivity contribution >= 4 is 23.2 Å². The number of hydrogen-bond donors (Lipinski definition) is 1. The topological polar surface area (TPSA) is 42.7 Å².